The molecule has 1 saturated carbocycles. The molecule has 8 nitrogen and oxygen atoms in total. The van der Waals surface area contributed by atoms with Crippen LogP contribution in [0.3, 0.4) is 0 Å². The van der Waals surface area contributed by atoms with Crippen molar-refractivity contribution in [3.63, 3.8) is 0 Å². The third-order valence-corrected chi connectivity index (χ3v) is 7.19. The predicted molar refractivity (Wildman–Crippen MR) is 104 cm³/mol. The van der Waals surface area contributed by atoms with Gasteiger partial charge < -0.3 is 4.98 Å². The number of rotatable bonds is 4. The van der Waals surface area contributed by atoms with Crippen LogP contribution in [0, 0.1) is 12.7 Å². The molecule has 0 spiro atoms. The Hall–Kier alpha value is -2.85. The molecule has 3 aromatic heterocycles. The van der Waals surface area contributed by atoms with E-state index < -0.39 is 15.8 Å². The minimum atomic E-state index is -3.73. The Balaban J connectivity index is 1.41. The largest absolute Gasteiger partial charge is 0.345 e. The van der Waals surface area contributed by atoms with Crippen molar-refractivity contribution in [2.24, 2.45) is 0 Å². The molecule has 2 N–H and O–H groups in total. The second kappa shape index (κ2) is 6.60. The van der Waals surface area contributed by atoms with E-state index in [1.807, 2.05) is 16.7 Å². The average Bonchev–Trinajstić information content (AvgIpc) is 3.38. The van der Waals surface area contributed by atoms with Crippen molar-refractivity contribution in [3.05, 3.63) is 53.9 Å². The number of benzene rings is 1. The van der Waals surface area contributed by atoms with E-state index >= 15 is 0 Å². The summed E-state index contributed by atoms with van der Waals surface area (Å²) in [5, 5.41) is 8.58. The maximum atomic E-state index is 13.3. The van der Waals surface area contributed by atoms with Gasteiger partial charge in [0.25, 0.3) is 0 Å². The molecule has 4 aromatic rings. The summed E-state index contributed by atoms with van der Waals surface area (Å²) >= 11 is 0. The van der Waals surface area contributed by atoms with Gasteiger partial charge in [0.15, 0.2) is 11.3 Å². The Bertz CT molecular complexity index is 1330. The molecule has 0 radical (unpaired) electrons. The summed E-state index contributed by atoms with van der Waals surface area (Å²) in [6.45, 7) is 1.59. The lowest BCUT2D eigenvalue weighted by Gasteiger charge is -2.15. The normalized spacial score (nSPS) is 20.1. The second-order valence-electron chi connectivity index (χ2n) is 7.46. The first-order valence-corrected chi connectivity index (χ1v) is 10.9. The van der Waals surface area contributed by atoms with Gasteiger partial charge in [0.05, 0.1) is 16.6 Å². The highest BCUT2D eigenvalue weighted by atomic mass is 32.2. The van der Waals surface area contributed by atoms with E-state index in [4.69, 9.17) is 0 Å². The zero-order valence-corrected chi connectivity index (χ0v) is 16.4. The predicted octanol–water partition coefficient (Wildman–Crippen LogP) is 2.67. The van der Waals surface area contributed by atoms with E-state index in [-0.39, 0.29) is 16.9 Å². The number of H-pyrrole nitrogens is 1. The molecule has 2 atom stereocenters. The van der Waals surface area contributed by atoms with Gasteiger partial charge in [-0.05, 0) is 56.0 Å². The van der Waals surface area contributed by atoms with E-state index in [0.717, 1.165) is 29.5 Å². The summed E-state index contributed by atoms with van der Waals surface area (Å²) in [7, 11) is -3.73. The van der Waals surface area contributed by atoms with Crippen molar-refractivity contribution in [3.8, 4) is 0 Å². The minimum absolute atomic E-state index is 0.0764. The Kier molecular flexibility index (Phi) is 4.14. The Morgan fingerprint density at radius 3 is 2.93 bits per heavy atom. The number of sulfonamides is 1. The molecule has 0 amide bonds. The molecule has 1 fully saturated rings. The Morgan fingerprint density at radius 2 is 2.10 bits per heavy atom. The van der Waals surface area contributed by atoms with Gasteiger partial charge in [-0.15, -0.1) is 10.2 Å². The van der Waals surface area contributed by atoms with Crippen molar-refractivity contribution in [2.75, 3.05) is 0 Å². The quantitative estimate of drug-likeness (QED) is 0.534. The van der Waals surface area contributed by atoms with Crippen molar-refractivity contribution in [1.82, 2.24) is 29.3 Å². The van der Waals surface area contributed by atoms with Gasteiger partial charge in [-0.1, -0.05) is 0 Å². The van der Waals surface area contributed by atoms with Gasteiger partial charge in [-0.3, -0.25) is 4.40 Å². The van der Waals surface area contributed by atoms with E-state index in [9.17, 15) is 12.8 Å². The topological polar surface area (TPSA) is 105 Å². The highest BCUT2D eigenvalue weighted by Crippen LogP contribution is 2.35. The molecular formula is C19H19FN6O2S. The summed E-state index contributed by atoms with van der Waals surface area (Å²) in [6, 6.07) is 5.41. The van der Waals surface area contributed by atoms with Crippen LogP contribution in [-0.4, -0.2) is 39.0 Å². The maximum Gasteiger partial charge on any atom is 0.241 e. The van der Waals surface area contributed by atoms with Crippen molar-refractivity contribution < 1.29 is 12.8 Å². The molecule has 0 aliphatic heterocycles. The third-order valence-electron chi connectivity index (χ3n) is 5.51. The summed E-state index contributed by atoms with van der Waals surface area (Å²) in [6.07, 6.45) is 5.60. The van der Waals surface area contributed by atoms with Gasteiger partial charge in [0, 0.05) is 18.2 Å². The number of aryl methyl sites for hydroxylation is 1. The lowest BCUT2D eigenvalue weighted by atomic mass is 10.1. The molecule has 1 aliphatic rings. The molecule has 0 saturated heterocycles. The molecule has 0 bridgehead atoms. The van der Waals surface area contributed by atoms with Crippen LogP contribution in [0.1, 0.15) is 36.6 Å². The molecule has 1 aromatic carbocycles. The van der Waals surface area contributed by atoms with Gasteiger partial charge in [-0.2, -0.15) is 0 Å². The van der Waals surface area contributed by atoms with Crippen molar-refractivity contribution in [2.45, 2.75) is 43.0 Å². The van der Waals surface area contributed by atoms with Crippen LogP contribution in [0.5, 0.6) is 0 Å². The number of nitrogens with zero attached hydrogens (tertiary/aromatic N) is 4. The second-order valence-corrected chi connectivity index (χ2v) is 9.14. The number of fused-ring (bicyclic) bond motifs is 3. The molecule has 10 heteroatoms. The molecule has 150 valence electrons. The van der Waals surface area contributed by atoms with Gasteiger partial charge in [-0.25, -0.2) is 22.5 Å². The van der Waals surface area contributed by atoms with Crippen LogP contribution in [0.15, 0.2) is 41.6 Å². The van der Waals surface area contributed by atoms with E-state index in [0.29, 0.717) is 24.1 Å². The van der Waals surface area contributed by atoms with E-state index in [1.54, 1.807) is 13.1 Å². The smallest absolute Gasteiger partial charge is 0.241 e. The fourth-order valence-electron chi connectivity index (χ4n) is 4.18. The molecule has 0 unspecified atom stereocenters. The Morgan fingerprint density at radius 1 is 1.24 bits per heavy atom. The first-order chi connectivity index (χ1) is 13.9. The standard InChI is InChI=1S/C19H19FN6O2S/c1-11-8-13(20)3-5-16(11)29(27,28)25-14-4-2-12(9-14)19-24-23-17-10-22-18-15(26(17)19)6-7-21-18/h3,5-8,10,12,14,21,25H,2,4,9H2,1H3/t12-,14+/m1/s1. The highest BCUT2D eigenvalue weighted by molar-refractivity contribution is 7.89. The summed E-state index contributed by atoms with van der Waals surface area (Å²) in [5.41, 5.74) is 2.70. The number of halogens is 1. The number of hydrogen-bond donors (Lipinski definition) is 2. The number of aromatic nitrogens is 5. The van der Waals surface area contributed by atoms with E-state index in [1.165, 1.54) is 12.1 Å². The van der Waals surface area contributed by atoms with Crippen molar-refractivity contribution in [1.29, 1.82) is 0 Å². The lowest BCUT2D eigenvalue weighted by molar-refractivity contribution is 0.545. The third kappa shape index (κ3) is 3.08. The van der Waals surface area contributed by atoms with Gasteiger partial charge >= 0.3 is 0 Å². The zero-order valence-electron chi connectivity index (χ0n) is 15.6. The lowest BCUT2D eigenvalue weighted by Crippen LogP contribution is -2.33. The first kappa shape index (κ1) is 18.2. The van der Waals surface area contributed by atoms with Gasteiger partial charge in [0.2, 0.25) is 10.0 Å². The maximum absolute atomic E-state index is 13.3. The molecule has 3 heterocycles. The minimum Gasteiger partial charge on any atom is -0.345 e. The summed E-state index contributed by atoms with van der Waals surface area (Å²) < 4.78 is 43.7. The summed E-state index contributed by atoms with van der Waals surface area (Å²) in [4.78, 5) is 7.51. The van der Waals surface area contributed by atoms with Crippen LogP contribution in [0.4, 0.5) is 4.39 Å². The monoisotopic (exact) mass is 414 g/mol. The van der Waals surface area contributed by atoms with Crippen LogP contribution in [0.25, 0.3) is 16.8 Å². The molecular weight excluding hydrogens is 395 g/mol. The van der Waals surface area contributed by atoms with Crippen LogP contribution in [-0.2, 0) is 10.0 Å². The highest BCUT2D eigenvalue weighted by Gasteiger charge is 2.33. The zero-order chi connectivity index (χ0) is 20.2. The van der Waals surface area contributed by atoms with Crippen LogP contribution in [0.2, 0.25) is 0 Å². The van der Waals surface area contributed by atoms with Crippen LogP contribution < -0.4 is 4.72 Å². The number of nitrogens with one attached hydrogen (secondary N) is 2. The average molecular weight is 414 g/mol. The molecule has 29 heavy (non-hydrogen) atoms. The van der Waals surface area contributed by atoms with Crippen LogP contribution >= 0.6 is 0 Å². The van der Waals surface area contributed by atoms with E-state index in [2.05, 4.69) is 24.9 Å². The first-order valence-electron chi connectivity index (χ1n) is 9.38. The molecule has 5 rings (SSSR count). The Labute approximate surface area is 166 Å². The van der Waals surface area contributed by atoms with Gasteiger partial charge in [0.1, 0.15) is 11.6 Å². The SMILES string of the molecule is Cc1cc(F)ccc1S(=O)(=O)N[C@H]1CC[C@@H](c2nnc3cnc4[nH]ccc4n23)C1. The fourth-order valence-corrected chi connectivity index (χ4v) is 5.69. The number of hydrogen-bond acceptors (Lipinski definition) is 5. The van der Waals surface area contributed by atoms with Crippen molar-refractivity contribution >= 4 is 26.8 Å². The molecule has 1 aliphatic carbocycles. The fraction of sp³-hybridized carbons (Fsp3) is 0.316. The summed E-state index contributed by atoms with van der Waals surface area (Å²) in [5.74, 6) is 0.436. The number of aromatic amines is 1.